The predicted octanol–water partition coefficient (Wildman–Crippen LogP) is 4.25. The van der Waals surface area contributed by atoms with Crippen LogP contribution in [-0.4, -0.2) is 22.8 Å². The van der Waals surface area contributed by atoms with Crippen LogP contribution >= 0.6 is 0 Å². The lowest BCUT2D eigenvalue weighted by molar-refractivity contribution is -0.173. The Hall–Kier alpha value is -1.22. The molecule has 0 aliphatic heterocycles. The summed E-state index contributed by atoms with van der Waals surface area (Å²) < 4.78 is 0. The summed E-state index contributed by atoms with van der Waals surface area (Å²) in [6.07, 6.45) is 5.57. The van der Waals surface area contributed by atoms with Gasteiger partial charge in [0.05, 0.1) is 17.4 Å². The quantitative estimate of drug-likeness (QED) is 0.618. The van der Waals surface area contributed by atoms with E-state index < -0.39 is 17.4 Å². The summed E-state index contributed by atoms with van der Waals surface area (Å²) in [5, 5.41) is 10.7. The Morgan fingerprint density at radius 3 is 2.25 bits per heavy atom. The summed E-state index contributed by atoms with van der Waals surface area (Å²) in [6, 6.07) is 0. The first kappa shape index (κ1) is 19.1. The highest BCUT2D eigenvalue weighted by Crippen LogP contribution is 2.58. The van der Waals surface area contributed by atoms with Gasteiger partial charge in [0, 0.05) is 6.42 Å². The van der Waals surface area contributed by atoms with Crippen LogP contribution in [0.4, 0.5) is 0 Å². The summed E-state index contributed by atoms with van der Waals surface area (Å²) in [5.74, 6) is -0.454. The van der Waals surface area contributed by atoms with Crippen LogP contribution < -0.4 is 0 Å². The molecule has 2 rings (SSSR count). The Morgan fingerprint density at radius 2 is 1.71 bits per heavy atom. The number of carbonyl (C=O) groups excluding carboxylic acids is 2. The fourth-order valence-electron chi connectivity index (χ4n) is 4.50. The maximum atomic E-state index is 13.2. The van der Waals surface area contributed by atoms with Crippen molar-refractivity contribution < 1.29 is 14.7 Å². The van der Waals surface area contributed by atoms with Crippen molar-refractivity contribution in [2.75, 3.05) is 0 Å². The van der Waals surface area contributed by atoms with Crippen molar-refractivity contribution >= 4 is 11.6 Å². The second kappa shape index (κ2) is 6.59. The van der Waals surface area contributed by atoms with Gasteiger partial charge in [-0.15, -0.1) is 0 Å². The van der Waals surface area contributed by atoms with E-state index in [4.69, 9.17) is 0 Å². The minimum atomic E-state index is -0.852. The minimum absolute atomic E-state index is 0.0257. The lowest BCUT2D eigenvalue weighted by Crippen LogP contribution is -2.63. The van der Waals surface area contributed by atoms with Gasteiger partial charge in [0.2, 0.25) is 0 Å². The van der Waals surface area contributed by atoms with Gasteiger partial charge in [-0.3, -0.25) is 9.59 Å². The predicted molar refractivity (Wildman–Crippen MR) is 96.5 cm³/mol. The van der Waals surface area contributed by atoms with E-state index in [1.54, 1.807) is 0 Å². The molecule has 2 aliphatic rings. The second-order valence-corrected chi connectivity index (χ2v) is 8.86. The van der Waals surface area contributed by atoms with Crippen molar-refractivity contribution in [1.82, 2.24) is 0 Å². The van der Waals surface area contributed by atoms with E-state index in [0.717, 1.165) is 12.0 Å². The Balaban J connectivity index is 2.48. The number of hydrogen-bond donors (Lipinski definition) is 1. The maximum Gasteiger partial charge on any atom is 0.152 e. The molecule has 2 aliphatic carbocycles. The molecular weight excluding hydrogens is 300 g/mol. The average molecular weight is 332 g/mol. The fraction of sp³-hybridized carbons (Fsp3) is 0.714. The third-order valence-electron chi connectivity index (χ3n) is 6.20. The highest BCUT2D eigenvalue weighted by molar-refractivity contribution is 6.09. The molecule has 0 spiro atoms. The maximum absolute atomic E-state index is 13.2. The van der Waals surface area contributed by atoms with Crippen molar-refractivity contribution in [3.8, 4) is 0 Å². The molecule has 134 valence electrons. The highest BCUT2D eigenvalue weighted by atomic mass is 16.3. The molecule has 0 aromatic heterocycles. The minimum Gasteiger partial charge on any atom is -0.392 e. The van der Waals surface area contributed by atoms with Crippen LogP contribution in [-0.2, 0) is 9.59 Å². The third kappa shape index (κ3) is 3.15. The topological polar surface area (TPSA) is 54.4 Å². The molecule has 1 N–H and O–H groups in total. The fourth-order valence-corrected chi connectivity index (χ4v) is 4.50. The Kier molecular flexibility index (Phi) is 5.25. The first-order valence-corrected chi connectivity index (χ1v) is 9.04. The number of rotatable bonds is 4. The second-order valence-electron chi connectivity index (χ2n) is 8.86. The molecule has 3 heteroatoms. The lowest BCUT2D eigenvalue weighted by atomic mass is 9.46. The normalized spacial score (nSPS) is 34.7. The van der Waals surface area contributed by atoms with Gasteiger partial charge in [-0.1, -0.05) is 37.1 Å². The standard InChI is InChI=1S/C21H32O3/c1-13(2)7-8-15-12-21(10-9-14(3)4)17(23)11-16(22)18(19(21)24)20(15,5)6/h7,9,15,17-18,23H,8,10-12H2,1-6H3/t15-,17-,18-,21+/m0/s1. The van der Waals surface area contributed by atoms with E-state index in [1.165, 1.54) is 5.57 Å². The van der Waals surface area contributed by atoms with E-state index >= 15 is 0 Å². The molecule has 0 aromatic rings. The molecule has 0 saturated heterocycles. The molecule has 0 unspecified atom stereocenters. The summed E-state index contributed by atoms with van der Waals surface area (Å²) in [4.78, 5) is 25.8. The first-order valence-electron chi connectivity index (χ1n) is 9.04. The molecule has 2 fully saturated rings. The molecule has 24 heavy (non-hydrogen) atoms. The zero-order valence-corrected chi connectivity index (χ0v) is 16.0. The first-order chi connectivity index (χ1) is 11.0. The monoisotopic (exact) mass is 332 g/mol. The van der Waals surface area contributed by atoms with Gasteiger partial charge in [-0.2, -0.15) is 0 Å². The highest BCUT2D eigenvalue weighted by Gasteiger charge is 2.63. The van der Waals surface area contributed by atoms with Gasteiger partial charge in [0.15, 0.2) is 5.78 Å². The van der Waals surface area contributed by atoms with Crippen molar-refractivity contribution in [1.29, 1.82) is 0 Å². The van der Waals surface area contributed by atoms with Gasteiger partial charge in [-0.05, 0) is 58.3 Å². The van der Waals surface area contributed by atoms with E-state index in [1.807, 2.05) is 19.9 Å². The van der Waals surface area contributed by atoms with Crippen LogP contribution in [0.2, 0.25) is 0 Å². The molecule has 0 heterocycles. The van der Waals surface area contributed by atoms with E-state index in [0.29, 0.717) is 12.8 Å². The van der Waals surface area contributed by atoms with Gasteiger partial charge in [0.25, 0.3) is 0 Å². The number of hydrogen-bond acceptors (Lipinski definition) is 3. The molecule has 4 atom stereocenters. The largest absolute Gasteiger partial charge is 0.392 e. The van der Waals surface area contributed by atoms with Crippen LogP contribution in [0.5, 0.6) is 0 Å². The number of fused-ring (bicyclic) bond motifs is 2. The number of aliphatic hydroxyl groups excluding tert-OH is 1. The van der Waals surface area contributed by atoms with Crippen LogP contribution in [0, 0.1) is 22.7 Å². The van der Waals surface area contributed by atoms with Gasteiger partial charge < -0.3 is 5.11 Å². The summed E-state index contributed by atoms with van der Waals surface area (Å²) in [7, 11) is 0. The van der Waals surface area contributed by atoms with Gasteiger partial charge in [-0.25, -0.2) is 0 Å². The summed E-state index contributed by atoms with van der Waals surface area (Å²) in [5.41, 5.74) is 1.25. The number of allylic oxidation sites excluding steroid dienone is 4. The van der Waals surface area contributed by atoms with Gasteiger partial charge in [0.1, 0.15) is 5.78 Å². The van der Waals surface area contributed by atoms with Crippen LogP contribution in [0.25, 0.3) is 0 Å². The number of ketones is 2. The van der Waals surface area contributed by atoms with Crippen molar-refractivity contribution in [2.24, 2.45) is 22.7 Å². The van der Waals surface area contributed by atoms with Crippen LogP contribution in [0.3, 0.4) is 0 Å². The molecule has 2 bridgehead atoms. The Labute approximate surface area is 146 Å². The number of aliphatic hydroxyl groups is 1. The van der Waals surface area contributed by atoms with Gasteiger partial charge >= 0.3 is 0 Å². The third-order valence-corrected chi connectivity index (χ3v) is 6.20. The van der Waals surface area contributed by atoms with Crippen LogP contribution in [0.1, 0.15) is 67.2 Å². The Bertz CT molecular complexity index is 588. The molecule has 0 radical (unpaired) electrons. The molecule has 0 amide bonds. The number of carbonyl (C=O) groups is 2. The van der Waals surface area contributed by atoms with Crippen molar-refractivity contribution in [2.45, 2.75) is 73.3 Å². The Morgan fingerprint density at radius 1 is 1.12 bits per heavy atom. The zero-order valence-electron chi connectivity index (χ0n) is 16.0. The molecular formula is C21H32O3. The van der Waals surface area contributed by atoms with E-state index in [9.17, 15) is 14.7 Å². The van der Waals surface area contributed by atoms with Crippen LogP contribution in [0.15, 0.2) is 23.3 Å². The molecule has 3 nitrogen and oxygen atoms in total. The van der Waals surface area contributed by atoms with E-state index in [-0.39, 0.29) is 29.3 Å². The smallest absolute Gasteiger partial charge is 0.152 e. The van der Waals surface area contributed by atoms with Crippen molar-refractivity contribution in [3.63, 3.8) is 0 Å². The summed E-state index contributed by atoms with van der Waals surface area (Å²) in [6.45, 7) is 12.3. The summed E-state index contributed by atoms with van der Waals surface area (Å²) >= 11 is 0. The molecule has 0 aromatic carbocycles. The molecule has 2 saturated carbocycles. The average Bonchev–Trinajstić information content (AvgIpc) is 2.43. The van der Waals surface area contributed by atoms with E-state index in [2.05, 4.69) is 33.8 Å². The van der Waals surface area contributed by atoms with Crippen molar-refractivity contribution in [3.05, 3.63) is 23.3 Å². The zero-order chi connectivity index (χ0) is 18.3. The number of Topliss-reactive ketones (excluding diaryl/α,β-unsaturated/α-hetero) is 2. The SMILES string of the molecule is CC(C)=CC[C@H]1C[C@@]2(CC=C(C)C)C(=O)[C@H](C(=O)C[C@@H]2O)C1(C)C. The lowest BCUT2D eigenvalue weighted by Gasteiger charge is -2.56.